The Morgan fingerprint density at radius 2 is 1.32 bits per heavy atom. The van der Waals surface area contributed by atoms with E-state index in [-0.39, 0.29) is 0 Å². The minimum atomic E-state index is -0.953. The lowest BCUT2D eigenvalue weighted by Crippen LogP contribution is -2.38. The van der Waals surface area contributed by atoms with E-state index in [2.05, 4.69) is 52.8 Å². The number of nitrogens with two attached hydrogens (primary N) is 4. The van der Waals surface area contributed by atoms with Crippen LogP contribution in [0.1, 0.15) is 11.4 Å². The molecule has 0 atom stereocenters. The number of thioether (sulfide) groups is 2. The van der Waals surface area contributed by atoms with E-state index in [1.54, 1.807) is 0 Å². The van der Waals surface area contributed by atoms with Gasteiger partial charge in [-0.15, -0.1) is 23.5 Å². The van der Waals surface area contributed by atoms with Crippen molar-refractivity contribution in [3.05, 3.63) is 28.0 Å². The van der Waals surface area contributed by atoms with Gasteiger partial charge >= 0.3 is 0 Å². The summed E-state index contributed by atoms with van der Waals surface area (Å²) in [7, 11) is 0. The second kappa shape index (κ2) is 7.41. The first-order valence-corrected chi connectivity index (χ1v) is 9.37. The van der Waals surface area contributed by atoms with Gasteiger partial charge in [0.25, 0.3) is 0 Å². The minimum Gasteiger partial charge on any atom is -0.296 e. The molecule has 5 nitrogen and oxygen atoms in total. The van der Waals surface area contributed by atoms with Crippen LogP contribution in [0, 0.1) is 0 Å². The van der Waals surface area contributed by atoms with Crippen molar-refractivity contribution < 1.29 is 0 Å². The van der Waals surface area contributed by atoms with E-state index in [9.17, 15) is 0 Å². The van der Waals surface area contributed by atoms with Gasteiger partial charge in [-0.25, -0.2) is 0 Å². The van der Waals surface area contributed by atoms with Gasteiger partial charge in [0, 0.05) is 16.0 Å². The fourth-order valence-corrected chi connectivity index (χ4v) is 3.38. The standard InChI is InChI=1S/C9H14Br3N5S2/c10-5-1-6(3-18-8(11,13)14)17-7(2-5)4-19-9(12,15)16/h1-2H,3-4,13-16H2. The number of alkyl halides is 2. The zero-order valence-electron chi connectivity index (χ0n) is 9.78. The number of aromatic nitrogens is 1. The summed E-state index contributed by atoms with van der Waals surface area (Å²) < 4.78 is -0.964. The van der Waals surface area contributed by atoms with Crippen molar-refractivity contribution in [2.75, 3.05) is 0 Å². The average molecular weight is 496 g/mol. The molecule has 0 unspecified atom stereocenters. The van der Waals surface area contributed by atoms with Crippen LogP contribution in [-0.4, -0.2) is 12.8 Å². The molecule has 0 saturated heterocycles. The van der Waals surface area contributed by atoms with Crippen LogP contribution >= 0.6 is 71.3 Å². The molecule has 0 aliphatic rings. The largest absolute Gasteiger partial charge is 0.296 e. The number of halogens is 3. The first kappa shape index (κ1) is 18.2. The summed E-state index contributed by atoms with van der Waals surface area (Å²) in [6, 6.07) is 3.85. The normalized spacial score (nSPS) is 12.8. The maximum Gasteiger partial charge on any atom is 0.170 e. The van der Waals surface area contributed by atoms with E-state index >= 15 is 0 Å². The lowest BCUT2D eigenvalue weighted by atomic mass is 10.3. The van der Waals surface area contributed by atoms with Gasteiger partial charge in [-0.05, 0) is 44.0 Å². The Morgan fingerprint density at radius 1 is 0.947 bits per heavy atom. The minimum absolute atomic E-state index is 0.597. The van der Waals surface area contributed by atoms with Crippen LogP contribution in [0.4, 0.5) is 0 Å². The molecule has 1 rings (SSSR count). The number of hydrogen-bond donors (Lipinski definition) is 4. The van der Waals surface area contributed by atoms with Gasteiger partial charge in [0.05, 0.1) is 11.4 Å². The summed E-state index contributed by atoms with van der Waals surface area (Å²) in [6.45, 7) is 0. The van der Waals surface area contributed by atoms with Crippen molar-refractivity contribution in [1.29, 1.82) is 0 Å². The molecule has 8 N–H and O–H groups in total. The quantitative estimate of drug-likeness (QED) is 0.271. The predicted molar refractivity (Wildman–Crippen MR) is 94.6 cm³/mol. The molecule has 0 aromatic carbocycles. The first-order valence-electron chi connectivity index (χ1n) is 5.02. The van der Waals surface area contributed by atoms with Crippen LogP contribution in [0.15, 0.2) is 16.6 Å². The third-order valence-electron chi connectivity index (χ3n) is 1.78. The molecule has 1 heterocycles. The monoisotopic (exact) mass is 493 g/mol. The Balaban J connectivity index is 2.71. The van der Waals surface area contributed by atoms with Gasteiger partial charge in [-0.3, -0.25) is 27.9 Å². The highest BCUT2D eigenvalue weighted by atomic mass is 79.9. The van der Waals surface area contributed by atoms with Gasteiger partial charge < -0.3 is 0 Å². The van der Waals surface area contributed by atoms with Gasteiger partial charge in [-0.1, -0.05) is 15.9 Å². The van der Waals surface area contributed by atoms with Gasteiger partial charge in [0.2, 0.25) is 0 Å². The molecular weight excluding hydrogens is 482 g/mol. The van der Waals surface area contributed by atoms with Crippen molar-refractivity contribution in [3.63, 3.8) is 0 Å². The van der Waals surface area contributed by atoms with Crippen molar-refractivity contribution in [3.8, 4) is 0 Å². The lowest BCUT2D eigenvalue weighted by molar-refractivity contribution is 0.924. The Kier molecular flexibility index (Phi) is 7.09. The van der Waals surface area contributed by atoms with Crippen molar-refractivity contribution in [2.45, 2.75) is 19.3 Å². The number of rotatable bonds is 6. The molecule has 0 fully saturated rings. The summed E-state index contributed by atoms with van der Waals surface area (Å²) in [6.07, 6.45) is 0. The third-order valence-corrected chi connectivity index (χ3v) is 5.38. The number of hydrogen-bond acceptors (Lipinski definition) is 7. The third kappa shape index (κ3) is 8.89. The molecule has 1 aromatic rings. The van der Waals surface area contributed by atoms with E-state index in [0.29, 0.717) is 11.5 Å². The van der Waals surface area contributed by atoms with Gasteiger partial charge in [-0.2, -0.15) is 0 Å². The average Bonchev–Trinajstić information content (AvgIpc) is 2.21. The van der Waals surface area contributed by atoms with Crippen LogP contribution in [0.3, 0.4) is 0 Å². The molecule has 0 aliphatic carbocycles. The zero-order valence-corrected chi connectivity index (χ0v) is 16.2. The highest BCUT2D eigenvalue weighted by Crippen LogP contribution is 2.28. The van der Waals surface area contributed by atoms with E-state index in [1.807, 2.05) is 12.1 Å². The molecule has 108 valence electrons. The summed E-state index contributed by atoms with van der Waals surface area (Å²) in [5, 5.41) is 0. The summed E-state index contributed by atoms with van der Waals surface area (Å²) >= 11 is 12.5. The summed E-state index contributed by atoms with van der Waals surface area (Å²) in [4.78, 5) is 4.50. The Morgan fingerprint density at radius 3 is 1.63 bits per heavy atom. The smallest absolute Gasteiger partial charge is 0.170 e. The highest BCUT2D eigenvalue weighted by Gasteiger charge is 2.17. The van der Waals surface area contributed by atoms with Crippen LogP contribution < -0.4 is 22.9 Å². The topological polar surface area (TPSA) is 117 Å². The molecular formula is C9H14Br3N5S2. The molecule has 0 saturated carbocycles. The fraction of sp³-hybridized carbons (Fsp3) is 0.444. The lowest BCUT2D eigenvalue weighted by Gasteiger charge is -2.17. The van der Waals surface area contributed by atoms with Crippen molar-refractivity contribution >= 4 is 71.3 Å². The molecule has 1 aromatic heterocycles. The summed E-state index contributed by atoms with van der Waals surface area (Å²) in [5.74, 6) is 1.19. The molecule has 0 aliphatic heterocycles. The molecule has 0 amide bonds. The Bertz CT molecular complexity index is 397. The second-order valence-electron chi connectivity index (χ2n) is 3.74. The first-order chi connectivity index (χ1) is 8.55. The van der Waals surface area contributed by atoms with E-state index in [1.165, 1.54) is 23.5 Å². The predicted octanol–water partition coefficient (Wildman–Crippen LogP) is 2.16. The van der Waals surface area contributed by atoms with E-state index in [4.69, 9.17) is 22.9 Å². The molecule has 10 heteroatoms. The van der Waals surface area contributed by atoms with Gasteiger partial charge in [0.15, 0.2) is 7.81 Å². The highest BCUT2D eigenvalue weighted by molar-refractivity contribution is 9.12. The maximum absolute atomic E-state index is 5.65. The molecule has 0 bridgehead atoms. The van der Waals surface area contributed by atoms with Crippen LogP contribution in [0.5, 0.6) is 0 Å². The maximum atomic E-state index is 5.65. The van der Waals surface area contributed by atoms with E-state index < -0.39 is 7.81 Å². The molecule has 0 spiro atoms. The van der Waals surface area contributed by atoms with Crippen molar-refractivity contribution in [2.24, 2.45) is 22.9 Å². The van der Waals surface area contributed by atoms with Crippen LogP contribution in [0.2, 0.25) is 0 Å². The Labute approximate surface area is 145 Å². The SMILES string of the molecule is NC(N)(Br)SCc1cc(Br)cc(CSC(N)(N)Br)n1. The molecule has 0 radical (unpaired) electrons. The van der Waals surface area contributed by atoms with Crippen LogP contribution in [-0.2, 0) is 11.5 Å². The fourth-order valence-electron chi connectivity index (χ4n) is 1.13. The van der Waals surface area contributed by atoms with Gasteiger partial charge in [0.1, 0.15) is 0 Å². The van der Waals surface area contributed by atoms with Crippen LogP contribution in [0.25, 0.3) is 0 Å². The summed E-state index contributed by atoms with van der Waals surface area (Å²) in [5.41, 5.74) is 24.4. The zero-order chi connectivity index (χ0) is 14.7. The van der Waals surface area contributed by atoms with E-state index in [0.717, 1.165) is 15.9 Å². The number of nitrogens with zero attached hydrogens (tertiary/aromatic N) is 1. The second-order valence-corrected chi connectivity index (χ2v) is 10.8. The number of pyridine rings is 1. The Hall–Kier alpha value is 1.13. The molecule has 19 heavy (non-hydrogen) atoms. The van der Waals surface area contributed by atoms with Crippen molar-refractivity contribution in [1.82, 2.24) is 4.98 Å².